The molecule has 0 aromatic carbocycles. The minimum atomic E-state index is 0. The predicted molar refractivity (Wildman–Crippen MR) is 63.3 cm³/mol. The number of nitrogens with zero attached hydrogens (tertiary/aromatic N) is 2. The largest absolute Gasteiger partial charge is 0.295 e. The van der Waals surface area contributed by atoms with E-state index < -0.39 is 0 Å². The molecule has 0 amide bonds. The van der Waals surface area contributed by atoms with Gasteiger partial charge in [-0.3, -0.25) is 4.40 Å². The highest BCUT2D eigenvalue weighted by atomic mass is 127. The highest BCUT2D eigenvalue weighted by molar-refractivity contribution is 14.1. The van der Waals surface area contributed by atoms with E-state index in [1.165, 1.54) is 0 Å². The lowest BCUT2D eigenvalue weighted by Crippen LogP contribution is -1.82. The Morgan fingerprint density at radius 3 is 2.91 bits per heavy atom. The molecule has 0 unspecified atom stereocenters. The first-order chi connectivity index (χ1) is 4.88. The average molecular weight is 372 g/mol. The van der Waals surface area contributed by atoms with Gasteiger partial charge in [0.05, 0.1) is 6.20 Å². The van der Waals surface area contributed by atoms with Gasteiger partial charge < -0.3 is 0 Å². The first-order valence-corrected chi connectivity index (χ1v) is 4.03. The van der Waals surface area contributed by atoms with E-state index in [1.807, 2.05) is 35.0 Å². The van der Waals surface area contributed by atoms with Crippen LogP contribution in [0.1, 0.15) is 0 Å². The van der Waals surface area contributed by atoms with E-state index in [4.69, 9.17) is 0 Å². The second-order valence-corrected chi connectivity index (χ2v) is 3.12. The number of rotatable bonds is 0. The molecule has 0 spiro atoms. The highest BCUT2D eigenvalue weighted by Gasteiger charge is 1.94. The highest BCUT2D eigenvalue weighted by Crippen LogP contribution is 2.07. The number of hydrogen-bond acceptors (Lipinski definition) is 1. The number of halogens is 2. The topological polar surface area (TPSA) is 17.3 Å². The summed E-state index contributed by atoms with van der Waals surface area (Å²) in [6.07, 6.45) is 3.86. The first kappa shape index (κ1) is 9.24. The summed E-state index contributed by atoms with van der Waals surface area (Å²) >= 11 is 2.25. The summed E-state index contributed by atoms with van der Waals surface area (Å²) in [6, 6.07) is 5.97. The Bertz CT molecular complexity index is 356. The Kier molecular flexibility index (Phi) is 3.11. The van der Waals surface area contributed by atoms with Crippen LogP contribution in [-0.4, -0.2) is 9.38 Å². The molecule has 2 nitrogen and oxygen atoms in total. The molecule has 0 aliphatic rings. The van der Waals surface area contributed by atoms with Crippen LogP contribution in [0.2, 0.25) is 0 Å². The van der Waals surface area contributed by atoms with Crippen LogP contribution in [0.5, 0.6) is 0 Å². The molecule has 0 N–H and O–H groups in total. The smallest absolute Gasteiger partial charge is 0.137 e. The third-order valence-electron chi connectivity index (χ3n) is 1.37. The van der Waals surface area contributed by atoms with E-state index in [-0.39, 0.29) is 24.0 Å². The quantitative estimate of drug-likeness (QED) is 0.650. The van der Waals surface area contributed by atoms with Crippen LogP contribution in [0, 0.1) is 3.70 Å². The predicted octanol–water partition coefficient (Wildman–Crippen LogP) is 2.56. The van der Waals surface area contributed by atoms with Gasteiger partial charge in [-0.2, -0.15) is 0 Å². The van der Waals surface area contributed by atoms with Gasteiger partial charge in [0.15, 0.2) is 0 Å². The maximum Gasteiger partial charge on any atom is 0.137 e. The zero-order chi connectivity index (χ0) is 6.97. The second-order valence-electron chi connectivity index (χ2n) is 2.01. The van der Waals surface area contributed by atoms with Crippen molar-refractivity contribution in [3.63, 3.8) is 0 Å². The fraction of sp³-hybridized carbons (Fsp3) is 0. The molecule has 4 heteroatoms. The third-order valence-corrected chi connectivity index (χ3v) is 2.17. The third kappa shape index (κ3) is 1.66. The Balaban J connectivity index is 0.000000605. The van der Waals surface area contributed by atoms with Crippen molar-refractivity contribution in [1.29, 1.82) is 0 Å². The molecule has 2 heterocycles. The zero-order valence-corrected chi connectivity index (χ0v) is 10.1. The molecule has 0 saturated heterocycles. The lowest BCUT2D eigenvalue weighted by molar-refractivity contribution is 1.15. The first-order valence-electron chi connectivity index (χ1n) is 2.95. The van der Waals surface area contributed by atoms with Crippen molar-refractivity contribution in [2.24, 2.45) is 0 Å². The van der Waals surface area contributed by atoms with E-state index in [9.17, 15) is 0 Å². The molecule has 0 aliphatic heterocycles. The summed E-state index contributed by atoms with van der Waals surface area (Å²) in [4.78, 5) is 4.17. The van der Waals surface area contributed by atoms with E-state index in [1.54, 1.807) is 0 Å². The molecule has 0 aliphatic carbocycles. The summed E-state index contributed by atoms with van der Waals surface area (Å²) in [5.74, 6) is 0. The molecule has 2 aromatic rings. The monoisotopic (exact) mass is 372 g/mol. The Labute approximate surface area is 95.2 Å². The van der Waals surface area contributed by atoms with Crippen LogP contribution in [-0.2, 0) is 0 Å². The minimum Gasteiger partial charge on any atom is -0.295 e. The molecule has 0 fully saturated rings. The number of imidazole rings is 1. The lowest BCUT2D eigenvalue weighted by atomic mass is 10.5. The Hall–Kier alpha value is 0.150. The molecular formula is C7H6I2N2. The normalized spacial score (nSPS) is 9.55. The molecular weight excluding hydrogens is 366 g/mol. The number of hydrogen-bond donors (Lipinski definition) is 0. The van der Waals surface area contributed by atoms with Crippen molar-refractivity contribution >= 4 is 52.2 Å². The summed E-state index contributed by atoms with van der Waals surface area (Å²) < 4.78 is 3.19. The molecule has 0 atom stereocenters. The maximum absolute atomic E-state index is 4.17. The number of fused-ring (bicyclic) bond motifs is 1. The summed E-state index contributed by atoms with van der Waals surface area (Å²) in [5, 5.41) is 0. The molecule has 58 valence electrons. The van der Waals surface area contributed by atoms with Gasteiger partial charge in [0.1, 0.15) is 9.35 Å². The van der Waals surface area contributed by atoms with E-state index in [0.29, 0.717) is 0 Å². The molecule has 0 radical (unpaired) electrons. The fourth-order valence-corrected chi connectivity index (χ4v) is 1.45. The summed E-state index contributed by atoms with van der Waals surface area (Å²) in [5.41, 5.74) is 1.01. The van der Waals surface area contributed by atoms with Crippen LogP contribution in [0.15, 0.2) is 30.6 Å². The lowest BCUT2D eigenvalue weighted by Gasteiger charge is -1.90. The van der Waals surface area contributed by atoms with Crippen molar-refractivity contribution in [3.8, 4) is 0 Å². The maximum atomic E-state index is 4.17. The molecule has 0 bridgehead atoms. The van der Waals surface area contributed by atoms with Crippen molar-refractivity contribution < 1.29 is 0 Å². The van der Waals surface area contributed by atoms with Crippen molar-refractivity contribution in [2.45, 2.75) is 0 Å². The van der Waals surface area contributed by atoms with Crippen molar-refractivity contribution in [3.05, 3.63) is 34.3 Å². The SMILES string of the molecule is I.Ic1cnc2ccccn12. The minimum absolute atomic E-state index is 0. The van der Waals surface area contributed by atoms with E-state index in [0.717, 1.165) is 9.35 Å². The fourth-order valence-electron chi connectivity index (χ4n) is 0.902. The standard InChI is InChI=1S/C7H5IN2.HI/c8-6-5-9-7-3-1-2-4-10(6)7;/h1-5H;1H. The van der Waals surface area contributed by atoms with E-state index in [2.05, 4.69) is 27.6 Å². The van der Waals surface area contributed by atoms with E-state index >= 15 is 0 Å². The van der Waals surface area contributed by atoms with Gasteiger partial charge in [-0.25, -0.2) is 4.98 Å². The van der Waals surface area contributed by atoms with Gasteiger partial charge in [0, 0.05) is 6.20 Å². The van der Waals surface area contributed by atoms with Crippen LogP contribution < -0.4 is 0 Å². The molecule has 2 rings (SSSR count). The molecule has 0 saturated carbocycles. The van der Waals surface area contributed by atoms with Gasteiger partial charge in [0.25, 0.3) is 0 Å². The van der Waals surface area contributed by atoms with Gasteiger partial charge >= 0.3 is 0 Å². The van der Waals surface area contributed by atoms with Gasteiger partial charge in [-0.1, -0.05) is 6.07 Å². The average Bonchev–Trinajstić information content (AvgIpc) is 2.34. The Morgan fingerprint density at radius 1 is 1.36 bits per heavy atom. The van der Waals surface area contributed by atoms with Crippen molar-refractivity contribution in [2.75, 3.05) is 0 Å². The van der Waals surface area contributed by atoms with Crippen LogP contribution in [0.25, 0.3) is 5.65 Å². The van der Waals surface area contributed by atoms with Crippen LogP contribution >= 0.6 is 46.6 Å². The van der Waals surface area contributed by atoms with Gasteiger partial charge in [-0.05, 0) is 34.7 Å². The van der Waals surface area contributed by atoms with Crippen LogP contribution in [0.3, 0.4) is 0 Å². The number of pyridine rings is 1. The molecule has 11 heavy (non-hydrogen) atoms. The second kappa shape index (κ2) is 3.70. The van der Waals surface area contributed by atoms with Gasteiger partial charge in [0.2, 0.25) is 0 Å². The Morgan fingerprint density at radius 2 is 2.18 bits per heavy atom. The zero-order valence-electron chi connectivity index (χ0n) is 5.57. The summed E-state index contributed by atoms with van der Waals surface area (Å²) in [7, 11) is 0. The summed E-state index contributed by atoms with van der Waals surface area (Å²) in [6.45, 7) is 0. The number of aromatic nitrogens is 2. The van der Waals surface area contributed by atoms with Gasteiger partial charge in [-0.15, -0.1) is 24.0 Å². The van der Waals surface area contributed by atoms with Crippen LogP contribution in [0.4, 0.5) is 0 Å². The molecule has 2 aromatic heterocycles. The van der Waals surface area contributed by atoms with Crippen molar-refractivity contribution in [1.82, 2.24) is 9.38 Å².